The largest absolute Gasteiger partial charge is 0.492 e. The van der Waals surface area contributed by atoms with Gasteiger partial charge in [0.25, 0.3) is 0 Å². The van der Waals surface area contributed by atoms with Crippen LogP contribution in [0.1, 0.15) is 108 Å². The molecule has 4 heteroatoms. The lowest BCUT2D eigenvalue weighted by Crippen LogP contribution is -2.44. The standard InChI is InChI=1S/C31H37ClN2O/c1-3-5-7-12-30-13-16-31(17-14-30,18-15-30)27-10-9-24(25(21-33)26(27)22-34)23-8-11-29(28(32)20-23)35-19-6-4-2/h8-11,20H,3-7,12-19H2,1-2H3. The molecule has 0 radical (unpaired) electrons. The number of rotatable bonds is 10. The number of hydrogen-bond acceptors (Lipinski definition) is 3. The molecule has 0 amide bonds. The number of nitriles is 2. The van der Waals surface area contributed by atoms with E-state index in [1.165, 1.54) is 44.9 Å². The fourth-order valence-electron chi connectivity index (χ4n) is 6.42. The summed E-state index contributed by atoms with van der Waals surface area (Å²) in [7, 11) is 0. The van der Waals surface area contributed by atoms with Gasteiger partial charge in [0.2, 0.25) is 0 Å². The highest BCUT2D eigenvalue weighted by molar-refractivity contribution is 6.32. The highest BCUT2D eigenvalue weighted by atomic mass is 35.5. The van der Waals surface area contributed by atoms with Gasteiger partial charge >= 0.3 is 0 Å². The average Bonchev–Trinajstić information content (AvgIpc) is 2.90. The number of ether oxygens (including phenoxy) is 1. The van der Waals surface area contributed by atoms with Crippen molar-refractivity contribution in [3.8, 4) is 29.0 Å². The molecular formula is C31H37ClN2O. The fraction of sp³-hybridized carbons (Fsp3) is 0.548. The molecule has 0 atom stereocenters. The van der Waals surface area contributed by atoms with Crippen LogP contribution in [0.4, 0.5) is 0 Å². The SMILES string of the molecule is CCCCCC12CCC(c3ccc(-c4ccc(OCCCC)c(Cl)c4)c(C#N)c3C#N)(CC1)CC2. The Kier molecular flexibility index (Phi) is 8.09. The maximum absolute atomic E-state index is 10.2. The Morgan fingerprint density at radius 1 is 0.857 bits per heavy atom. The van der Waals surface area contributed by atoms with Gasteiger partial charge in [-0.3, -0.25) is 0 Å². The molecule has 2 bridgehead atoms. The van der Waals surface area contributed by atoms with E-state index in [4.69, 9.17) is 16.3 Å². The first-order valence-corrected chi connectivity index (χ1v) is 13.8. The van der Waals surface area contributed by atoms with Crippen LogP contribution in [0.5, 0.6) is 5.75 Å². The lowest BCUT2D eigenvalue weighted by molar-refractivity contribution is 0.0304. The summed E-state index contributed by atoms with van der Waals surface area (Å²) in [5, 5.41) is 20.9. The van der Waals surface area contributed by atoms with Crippen LogP contribution in [0.3, 0.4) is 0 Å². The normalized spacial score (nSPS) is 23.0. The maximum Gasteiger partial charge on any atom is 0.137 e. The third-order valence-corrected chi connectivity index (χ3v) is 9.01. The molecule has 184 valence electrons. The quantitative estimate of drug-likeness (QED) is 0.313. The molecule has 2 aromatic rings. The third-order valence-electron chi connectivity index (χ3n) is 8.71. The van der Waals surface area contributed by atoms with Crippen LogP contribution < -0.4 is 4.74 Å². The predicted octanol–water partition coefficient (Wildman–Crippen LogP) is 9.10. The van der Waals surface area contributed by atoms with E-state index in [1.807, 2.05) is 24.3 Å². The summed E-state index contributed by atoms with van der Waals surface area (Å²) in [5.41, 5.74) is 4.29. The first kappa shape index (κ1) is 25.6. The van der Waals surface area contributed by atoms with E-state index in [9.17, 15) is 10.5 Å². The Hall–Kier alpha value is -2.49. The molecule has 0 saturated heterocycles. The van der Waals surface area contributed by atoms with Crippen LogP contribution in [-0.4, -0.2) is 6.61 Å². The van der Waals surface area contributed by atoms with E-state index in [0.717, 1.165) is 48.8 Å². The Morgan fingerprint density at radius 3 is 2.14 bits per heavy atom. The molecule has 35 heavy (non-hydrogen) atoms. The van der Waals surface area contributed by atoms with E-state index in [0.29, 0.717) is 33.9 Å². The van der Waals surface area contributed by atoms with Gasteiger partial charge in [-0.05, 0) is 85.5 Å². The van der Waals surface area contributed by atoms with Crippen molar-refractivity contribution in [2.24, 2.45) is 5.41 Å². The summed E-state index contributed by atoms with van der Waals surface area (Å²) in [5.74, 6) is 0.658. The van der Waals surface area contributed by atoms with Gasteiger partial charge in [-0.25, -0.2) is 0 Å². The first-order valence-electron chi connectivity index (χ1n) is 13.4. The van der Waals surface area contributed by atoms with Crippen molar-refractivity contribution in [1.82, 2.24) is 0 Å². The fourth-order valence-corrected chi connectivity index (χ4v) is 6.66. The zero-order chi connectivity index (χ0) is 24.9. The molecule has 0 aromatic heterocycles. The van der Waals surface area contributed by atoms with Crippen LogP contribution in [0.25, 0.3) is 11.1 Å². The second-order valence-electron chi connectivity index (χ2n) is 10.7. The van der Waals surface area contributed by atoms with Crippen molar-refractivity contribution in [2.75, 3.05) is 6.61 Å². The molecule has 3 aliphatic rings. The number of benzene rings is 2. The predicted molar refractivity (Wildman–Crippen MR) is 143 cm³/mol. The van der Waals surface area contributed by atoms with E-state index >= 15 is 0 Å². The van der Waals surface area contributed by atoms with Gasteiger partial charge in [-0.2, -0.15) is 10.5 Å². The van der Waals surface area contributed by atoms with E-state index in [-0.39, 0.29) is 5.41 Å². The molecular weight excluding hydrogens is 452 g/mol. The van der Waals surface area contributed by atoms with Crippen LogP contribution in [0.15, 0.2) is 30.3 Å². The van der Waals surface area contributed by atoms with Crippen LogP contribution in [-0.2, 0) is 5.41 Å². The van der Waals surface area contributed by atoms with Crippen LogP contribution in [0.2, 0.25) is 5.02 Å². The number of fused-ring (bicyclic) bond motifs is 3. The van der Waals surface area contributed by atoms with Gasteiger partial charge in [-0.1, -0.05) is 69.3 Å². The molecule has 0 unspecified atom stereocenters. The van der Waals surface area contributed by atoms with Crippen molar-refractivity contribution in [2.45, 2.75) is 96.3 Å². The molecule has 3 nitrogen and oxygen atoms in total. The van der Waals surface area contributed by atoms with Gasteiger partial charge in [0, 0.05) is 5.56 Å². The summed E-state index contributed by atoms with van der Waals surface area (Å²) in [6, 6.07) is 14.6. The van der Waals surface area contributed by atoms with Crippen molar-refractivity contribution in [3.63, 3.8) is 0 Å². The minimum Gasteiger partial charge on any atom is -0.492 e. The summed E-state index contributed by atoms with van der Waals surface area (Å²) >= 11 is 6.52. The molecule has 0 aliphatic heterocycles. The molecule has 0 N–H and O–H groups in total. The molecule has 3 saturated carbocycles. The van der Waals surface area contributed by atoms with Crippen LogP contribution in [0, 0.1) is 28.1 Å². The number of unbranched alkanes of at least 4 members (excludes halogenated alkanes) is 3. The minimum absolute atomic E-state index is 0.0380. The van der Waals surface area contributed by atoms with Crippen molar-refractivity contribution >= 4 is 11.6 Å². The monoisotopic (exact) mass is 488 g/mol. The van der Waals surface area contributed by atoms with Gasteiger partial charge in [0.05, 0.1) is 22.8 Å². The number of halogens is 1. The minimum atomic E-state index is 0.0380. The Labute approximate surface area is 216 Å². The van der Waals surface area contributed by atoms with Crippen molar-refractivity contribution in [3.05, 3.63) is 52.0 Å². The summed E-state index contributed by atoms with van der Waals surface area (Å²) in [6.07, 6.45) is 14.5. The second-order valence-corrected chi connectivity index (χ2v) is 11.1. The molecule has 2 aromatic carbocycles. The first-order chi connectivity index (χ1) is 17.0. The highest BCUT2D eigenvalue weighted by Gasteiger charge is 2.49. The summed E-state index contributed by atoms with van der Waals surface area (Å²) in [6.45, 7) is 5.03. The molecule has 0 heterocycles. The molecule has 3 aliphatic carbocycles. The third kappa shape index (κ3) is 5.08. The van der Waals surface area contributed by atoms with Crippen molar-refractivity contribution in [1.29, 1.82) is 10.5 Å². The smallest absolute Gasteiger partial charge is 0.137 e. The van der Waals surface area contributed by atoms with Gasteiger partial charge in [-0.15, -0.1) is 0 Å². The Bertz CT molecular complexity index is 1120. The topological polar surface area (TPSA) is 56.8 Å². The van der Waals surface area contributed by atoms with Gasteiger partial charge in [0.15, 0.2) is 0 Å². The maximum atomic E-state index is 10.2. The van der Waals surface area contributed by atoms with Gasteiger partial charge < -0.3 is 4.74 Å². The lowest BCUT2D eigenvalue weighted by atomic mass is 9.50. The van der Waals surface area contributed by atoms with Gasteiger partial charge in [0.1, 0.15) is 17.9 Å². The number of nitrogens with zero attached hydrogens (tertiary/aromatic N) is 2. The Balaban J connectivity index is 1.62. The van der Waals surface area contributed by atoms with E-state index < -0.39 is 0 Å². The number of hydrogen-bond donors (Lipinski definition) is 0. The zero-order valence-electron chi connectivity index (χ0n) is 21.3. The summed E-state index contributed by atoms with van der Waals surface area (Å²) < 4.78 is 5.79. The van der Waals surface area contributed by atoms with Crippen LogP contribution >= 0.6 is 11.6 Å². The molecule has 0 spiro atoms. The lowest BCUT2D eigenvalue weighted by Gasteiger charge is -2.54. The van der Waals surface area contributed by atoms with Crippen molar-refractivity contribution < 1.29 is 4.74 Å². The molecule has 5 rings (SSSR count). The Morgan fingerprint density at radius 2 is 1.54 bits per heavy atom. The van der Waals surface area contributed by atoms with E-state index in [1.54, 1.807) is 0 Å². The summed E-state index contributed by atoms with van der Waals surface area (Å²) in [4.78, 5) is 0. The zero-order valence-corrected chi connectivity index (χ0v) is 22.0. The van der Waals surface area contributed by atoms with E-state index in [2.05, 4.69) is 32.1 Å². The average molecular weight is 489 g/mol. The second kappa shape index (κ2) is 11.1. The molecule has 3 fully saturated rings. The highest BCUT2D eigenvalue weighted by Crippen LogP contribution is 2.60.